The molecule has 6 nitrogen and oxygen atoms in total. The molecule has 3 rings (SSSR count). The highest BCUT2D eigenvalue weighted by atomic mass is 32.2. The molecule has 1 atom stereocenters. The van der Waals surface area contributed by atoms with Crippen LogP contribution in [-0.2, 0) is 9.53 Å². The summed E-state index contributed by atoms with van der Waals surface area (Å²) in [4.78, 5) is 11.3. The maximum atomic E-state index is 11.3. The minimum atomic E-state index is -0.706. The Labute approximate surface area is 128 Å². The number of ether oxygens (including phenoxy) is 1. The summed E-state index contributed by atoms with van der Waals surface area (Å²) in [7, 11) is 0. The number of carbonyl (C=O) groups excluding carboxylic acids is 1. The van der Waals surface area contributed by atoms with Crippen LogP contribution in [0.3, 0.4) is 0 Å². The number of rotatable bonds is 8. The van der Waals surface area contributed by atoms with E-state index < -0.39 is 6.10 Å². The van der Waals surface area contributed by atoms with E-state index in [4.69, 9.17) is 4.74 Å². The van der Waals surface area contributed by atoms with E-state index in [1.807, 2.05) is 0 Å². The predicted octanol–water partition coefficient (Wildman–Crippen LogP) is 1.90. The monoisotopic (exact) mass is 311 g/mol. The Hall–Kier alpha value is -1.08. The van der Waals surface area contributed by atoms with Crippen molar-refractivity contribution in [2.45, 2.75) is 62.2 Å². The third kappa shape index (κ3) is 3.77. The van der Waals surface area contributed by atoms with Crippen molar-refractivity contribution >= 4 is 17.7 Å². The number of thioether (sulfide) groups is 1. The number of hydrogen-bond donors (Lipinski definition) is 1. The molecule has 0 spiro atoms. The lowest BCUT2D eigenvalue weighted by atomic mass is 10.3. The van der Waals surface area contributed by atoms with E-state index in [1.165, 1.54) is 37.4 Å². The second kappa shape index (κ2) is 6.36. The molecule has 0 aromatic carbocycles. The predicted molar refractivity (Wildman–Crippen MR) is 78.2 cm³/mol. The first-order valence-electron chi connectivity index (χ1n) is 7.60. The summed E-state index contributed by atoms with van der Waals surface area (Å²) in [6.07, 6.45) is 4.13. The summed E-state index contributed by atoms with van der Waals surface area (Å²) in [6, 6.07) is 0.542. The van der Waals surface area contributed by atoms with Crippen molar-refractivity contribution in [2.75, 3.05) is 12.4 Å². The van der Waals surface area contributed by atoms with Gasteiger partial charge in [-0.2, -0.15) is 0 Å². The molecule has 2 aliphatic carbocycles. The van der Waals surface area contributed by atoms with E-state index in [1.54, 1.807) is 6.92 Å². The van der Waals surface area contributed by atoms with E-state index >= 15 is 0 Å². The average molecular weight is 311 g/mol. The smallest absolute Gasteiger partial charge is 0.308 e. The van der Waals surface area contributed by atoms with Crippen LogP contribution in [0.2, 0.25) is 0 Å². The van der Waals surface area contributed by atoms with Crippen molar-refractivity contribution in [1.29, 1.82) is 0 Å². The zero-order valence-electron chi connectivity index (χ0n) is 12.2. The molecule has 2 saturated carbocycles. The fourth-order valence-corrected chi connectivity index (χ4v) is 3.26. The first kappa shape index (κ1) is 14.8. The Morgan fingerprint density at radius 3 is 2.81 bits per heavy atom. The molecule has 2 fully saturated rings. The lowest BCUT2D eigenvalue weighted by Gasteiger charge is -2.11. The number of aromatic nitrogens is 3. The van der Waals surface area contributed by atoms with Crippen molar-refractivity contribution in [1.82, 2.24) is 14.8 Å². The molecule has 0 radical (unpaired) electrons. The highest BCUT2D eigenvalue weighted by molar-refractivity contribution is 7.99. The SMILES string of the molecule is CCOC(=O)CC(O)CSc1nnc(C2CC2)n1C1CC1. The number of esters is 1. The molecule has 0 aliphatic heterocycles. The number of aliphatic hydroxyl groups is 1. The van der Waals surface area contributed by atoms with Crippen LogP contribution in [0, 0.1) is 0 Å². The van der Waals surface area contributed by atoms with Crippen molar-refractivity contribution < 1.29 is 14.6 Å². The van der Waals surface area contributed by atoms with Gasteiger partial charge in [-0.15, -0.1) is 10.2 Å². The third-order valence-electron chi connectivity index (χ3n) is 3.66. The van der Waals surface area contributed by atoms with Crippen LogP contribution in [0.25, 0.3) is 0 Å². The zero-order chi connectivity index (χ0) is 14.8. The topological polar surface area (TPSA) is 77.2 Å². The van der Waals surface area contributed by atoms with Crippen LogP contribution in [0.15, 0.2) is 5.16 Å². The van der Waals surface area contributed by atoms with E-state index in [9.17, 15) is 9.90 Å². The Morgan fingerprint density at radius 1 is 1.43 bits per heavy atom. The first-order chi connectivity index (χ1) is 10.2. The fourth-order valence-electron chi connectivity index (χ4n) is 2.32. The van der Waals surface area contributed by atoms with Gasteiger partial charge in [0.2, 0.25) is 0 Å². The van der Waals surface area contributed by atoms with Gasteiger partial charge in [0.15, 0.2) is 5.16 Å². The van der Waals surface area contributed by atoms with Gasteiger partial charge in [0.1, 0.15) is 5.82 Å². The first-order valence-corrected chi connectivity index (χ1v) is 8.58. The molecule has 1 aromatic heterocycles. The molecule has 1 heterocycles. The molecule has 0 bridgehead atoms. The maximum absolute atomic E-state index is 11.3. The quantitative estimate of drug-likeness (QED) is 0.583. The van der Waals surface area contributed by atoms with Crippen LogP contribution in [0.4, 0.5) is 0 Å². The van der Waals surface area contributed by atoms with E-state index in [0.717, 1.165) is 11.0 Å². The van der Waals surface area contributed by atoms with Gasteiger partial charge < -0.3 is 14.4 Å². The van der Waals surface area contributed by atoms with Crippen molar-refractivity contribution in [2.24, 2.45) is 0 Å². The third-order valence-corrected chi connectivity index (χ3v) is 4.75. The average Bonchev–Trinajstić information content (AvgIpc) is 3.35. The Morgan fingerprint density at radius 2 is 2.19 bits per heavy atom. The van der Waals surface area contributed by atoms with Crippen molar-refractivity contribution in [3.05, 3.63) is 5.82 Å². The summed E-state index contributed by atoms with van der Waals surface area (Å²) in [6.45, 7) is 2.11. The van der Waals surface area contributed by atoms with E-state index in [-0.39, 0.29) is 12.4 Å². The lowest BCUT2D eigenvalue weighted by molar-refractivity contribution is -0.144. The lowest BCUT2D eigenvalue weighted by Crippen LogP contribution is -2.18. The number of carbonyl (C=O) groups is 1. The summed E-state index contributed by atoms with van der Waals surface area (Å²) < 4.78 is 7.09. The van der Waals surface area contributed by atoms with Gasteiger partial charge in [-0.3, -0.25) is 4.79 Å². The summed E-state index contributed by atoms with van der Waals surface area (Å²) in [5.74, 6) is 1.78. The molecule has 21 heavy (non-hydrogen) atoms. The van der Waals surface area contributed by atoms with Crippen LogP contribution in [-0.4, -0.2) is 44.3 Å². The highest BCUT2D eigenvalue weighted by Gasteiger charge is 2.36. The Kier molecular flexibility index (Phi) is 4.49. The Balaban J connectivity index is 1.56. The molecule has 0 saturated heterocycles. The van der Waals surface area contributed by atoms with Gasteiger partial charge in [-0.05, 0) is 32.6 Å². The molecule has 0 amide bonds. The van der Waals surface area contributed by atoms with Gasteiger partial charge in [0, 0.05) is 17.7 Å². The fraction of sp³-hybridized carbons (Fsp3) is 0.786. The maximum Gasteiger partial charge on any atom is 0.308 e. The molecular weight excluding hydrogens is 290 g/mol. The van der Waals surface area contributed by atoms with Crippen LogP contribution < -0.4 is 0 Å². The molecule has 1 unspecified atom stereocenters. The second-order valence-corrected chi connectivity index (χ2v) is 6.68. The minimum Gasteiger partial charge on any atom is -0.466 e. The zero-order valence-corrected chi connectivity index (χ0v) is 13.0. The van der Waals surface area contributed by atoms with Crippen molar-refractivity contribution in [3.8, 4) is 0 Å². The molecule has 116 valence electrons. The van der Waals surface area contributed by atoms with E-state index in [2.05, 4.69) is 14.8 Å². The highest BCUT2D eigenvalue weighted by Crippen LogP contribution is 2.46. The second-order valence-electron chi connectivity index (χ2n) is 5.69. The molecular formula is C14H21N3O3S. The molecule has 1 N–H and O–H groups in total. The van der Waals surface area contributed by atoms with Gasteiger partial charge >= 0.3 is 5.97 Å². The van der Waals surface area contributed by atoms with E-state index in [0.29, 0.717) is 24.3 Å². The number of aliphatic hydroxyl groups excluding tert-OH is 1. The van der Waals surface area contributed by atoms with Gasteiger partial charge in [0.05, 0.1) is 19.1 Å². The van der Waals surface area contributed by atoms with Crippen LogP contribution >= 0.6 is 11.8 Å². The number of hydrogen-bond acceptors (Lipinski definition) is 6. The minimum absolute atomic E-state index is 0.0356. The Bertz CT molecular complexity index is 512. The van der Waals surface area contributed by atoms with Gasteiger partial charge in [-0.25, -0.2) is 0 Å². The normalized spacial score (nSPS) is 19.5. The number of nitrogens with zero attached hydrogens (tertiary/aromatic N) is 3. The van der Waals surface area contributed by atoms with Gasteiger partial charge in [0.25, 0.3) is 0 Å². The van der Waals surface area contributed by atoms with Crippen LogP contribution in [0.5, 0.6) is 0 Å². The molecule has 2 aliphatic rings. The molecule has 7 heteroatoms. The summed E-state index contributed by atoms with van der Waals surface area (Å²) in [5.41, 5.74) is 0. The summed E-state index contributed by atoms with van der Waals surface area (Å²) in [5, 5.41) is 19.4. The molecule has 1 aromatic rings. The van der Waals surface area contributed by atoms with Crippen molar-refractivity contribution in [3.63, 3.8) is 0 Å². The standard InChI is InChI=1S/C14H21N3O3S/c1-2-20-12(19)7-11(18)8-21-14-16-15-13(9-3-4-9)17(14)10-5-6-10/h9-11,18H,2-8H2,1H3. The van der Waals surface area contributed by atoms with Crippen LogP contribution in [0.1, 0.15) is 56.8 Å². The summed E-state index contributed by atoms with van der Waals surface area (Å²) >= 11 is 1.48. The van der Waals surface area contributed by atoms with Gasteiger partial charge in [-0.1, -0.05) is 11.8 Å². The largest absolute Gasteiger partial charge is 0.466 e.